The van der Waals surface area contributed by atoms with Gasteiger partial charge in [0.2, 0.25) is 0 Å². The summed E-state index contributed by atoms with van der Waals surface area (Å²) in [4.78, 5) is 13.2. The van der Waals surface area contributed by atoms with Crippen molar-refractivity contribution in [2.75, 3.05) is 19.6 Å². The van der Waals surface area contributed by atoms with Crippen LogP contribution in [-0.4, -0.2) is 57.5 Å². The zero-order chi connectivity index (χ0) is 14.8. The van der Waals surface area contributed by atoms with E-state index in [2.05, 4.69) is 4.90 Å². The highest BCUT2D eigenvalue weighted by atomic mass is 16.4. The molecule has 0 spiro atoms. The standard InChI is InChI=1S/C15H27NO4/c1-11(17)12-4-8-16(9-5-12)10-15(20)6-2-13(3-7-15)14(18)19/h11-13,17,20H,2-10H2,1H3,(H,18,19). The Morgan fingerprint density at radius 2 is 1.80 bits per heavy atom. The lowest BCUT2D eigenvalue weighted by atomic mass is 9.78. The van der Waals surface area contributed by atoms with Gasteiger partial charge in [-0.15, -0.1) is 0 Å². The number of carboxylic acid groups (broad SMARTS) is 1. The molecular formula is C15H27NO4. The van der Waals surface area contributed by atoms with Gasteiger partial charge in [0.1, 0.15) is 0 Å². The Hall–Kier alpha value is -0.650. The minimum absolute atomic E-state index is 0.244. The minimum Gasteiger partial charge on any atom is -0.481 e. The second kappa shape index (κ2) is 6.41. The molecule has 5 nitrogen and oxygen atoms in total. The number of aliphatic hydroxyl groups is 2. The highest BCUT2D eigenvalue weighted by Crippen LogP contribution is 2.34. The molecule has 1 unspecified atom stereocenters. The Bertz CT molecular complexity index is 329. The Morgan fingerprint density at radius 3 is 2.25 bits per heavy atom. The predicted octanol–water partition coefficient (Wildman–Crippen LogP) is 1.09. The van der Waals surface area contributed by atoms with E-state index in [1.807, 2.05) is 6.92 Å². The molecule has 116 valence electrons. The van der Waals surface area contributed by atoms with Gasteiger partial charge in [-0.05, 0) is 64.5 Å². The van der Waals surface area contributed by atoms with Gasteiger partial charge in [0.25, 0.3) is 0 Å². The first-order valence-corrected chi connectivity index (χ1v) is 7.75. The number of piperidine rings is 1. The van der Waals surface area contributed by atoms with Crippen LogP contribution in [0.15, 0.2) is 0 Å². The van der Waals surface area contributed by atoms with Crippen LogP contribution in [0.1, 0.15) is 45.4 Å². The van der Waals surface area contributed by atoms with Crippen molar-refractivity contribution in [2.24, 2.45) is 11.8 Å². The van der Waals surface area contributed by atoms with E-state index < -0.39 is 11.6 Å². The van der Waals surface area contributed by atoms with E-state index in [1.54, 1.807) is 0 Å². The molecule has 2 fully saturated rings. The molecule has 0 aromatic carbocycles. The zero-order valence-electron chi connectivity index (χ0n) is 12.3. The Kier molecular flexibility index (Phi) is 5.04. The van der Waals surface area contributed by atoms with Gasteiger partial charge in [-0.25, -0.2) is 0 Å². The van der Waals surface area contributed by atoms with Crippen molar-refractivity contribution in [1.29, 1.82) is 0 Å². The average Bonchev–Trinajstić information content (AvgIpc) is 2.39. The predicted molar refractivity (Wildman–Crippen MR) is 75.4 cm³/mol. The van der Waals surface area contributed by atoms with Crippen LogP contribution in [-0.2, 0) is 4.79 Å². The van der Waals surface area contributed by atoms with Gasteiger partial charge in [0.15, 0.2) is 0 Å². The number of nitrogens with zero attached hydrogens (tertiary/aromatic N) is 1. The van der Waals surface area contributed by atoms with Crippen LogP contribution in [0.3, 0.4) is 0 Å². The number of hydrogen-bond acceptors (Lipinski definition) is 4. The SMILES string of the molecule is CC(O)C1CCN(CC2(O)CCC(C(=O)O)CC2)CC1. The van der Waals surface area contributed by atoms with Gasteiger partial charge in [-0.3, -0.25) is 4.79 Å². The van der Waals surface area contributed by atoms with Crippen molar-refractivity contribution in [3.63, 3.8) is 0 Å². The van der Waals surface area contributed by atoms with E-state index in [4.69, 9.17) is 5.11 Å². The molecule has 1 saturated carbocycles. The second-order valence-corrected chi connectivity index (χ2v) is 6.69. The fraction of sp³-hybridized carbons (Fsp3) is 0.933. The van der Waals surface area contributed by atoms with Crippen molar-refractivity contribution in [3.8, 4) is 0 Å². The van der Waals surface area contributed by atoms with Crippen LogP contribution in [0, 0.1) is 11.8 Å². The van der Waals surface area contributed by atoms with Crippen LogP contribution in [0.4, 0.5) is 0 Å². The maximum absolute atomic E-state index is 10.9. The maximum Gasteiger partial charge on any atom is 0.306 e. The molecule has 5 heteroatoms. The second-order valence-electron chi connectivity index (χ2n) is 6.69. The summed E-state index contributed by atoms with van der Waals surface area (Å²) in [5.41, 5.74) is -0.719. The number of aliphatic carboxylic acids is 1. The number of likely N-dealkylation sites (tertiary alicyclic amines) is 1. The number of aliphatic hydroxyl groups excluding tert-OH is 1. The first-order chi connectivity index (χ1) is 9.39. The average molecular weight is 285 g/mol. The topological polar surface area (TPSA) is 81.0 Å². The van der Waals surface area contributed by atoms with Gasteiger partial charge in [-0.1, -0.05) is 0 Å². The lowest BCUT2D eigenvalue weighted by Gasteiger charge is -2.41. The normalized spacial score (nSPS) is 34.9. The minimum atomic E-state index is -0.732. The van der Waals surface area contributed by atoms with Gasteiger partial charge in [0.05, 0.1) is 17.6 Å². The lowest BCUT2D eigenvalue weighted by molar-refractivity contribution is -0.145. The van der Waals surface area contributed by atoms with Crippen molar-refractivity contribution < 1.29 is 20.1 Å². The largest absolute Gasteiger partial charge is 0.481 e. The van der Waals surface area contributed by atoms with Gasteiger partial charge in [-0.2, -0.15) is 0 Å². The molecule has 3 N–H and O–H groups in total. The van der Waals surface area contributed by atoms with Gasteiger partial charge < -0.3 is 20.2 Å². The van der Waals surface area contributed by atoms with Crippen LogP contribution in [0.25, 0.3) is 0 Å². The number of rotatable bonds is 4. The molecule has 1 aliphatic heterocycles. The van der Waals surface area contributed by atoms with E-state index in [1.165, 1.54) is 0 Å². The number of β-amino-alcohol motifs (C(OH)–C–C–N with tert-alkyl or cyclic N) is 1. The van der Waals surface area contributed by atoms with E-state index in [0.29, 0.717) is 38.1 Å². The highest BCUT2D eigenvalue weighted by molar-refractivity contribution is 5.70. The summed E-state index contributed by atoms with van der Waals surface area (Å²) in [6.45, 7) is 4.33. The molecular weight excluding hydrogens is 258 g/mol. The summed E-state index contributed by atoms with van der Waals surface area (Å²) in [6.07, 6.45) is 4.04. The molecule has 0 bridgehead atoms. The summed E-state index contributed by atoms with van der Waals surface area (Å²) in [5, 5.41) is 29.2. The Morgan fingerprint density at radius 1 is 1.25 bits per heavy atom. The molecule has 2 rings (SSSR count). The van der Waals surface area contributed by atoms with Crippen LogP contribution in [0.2, 0.25) is 0 Å². The van der Waals surface area contributed by atoms with E-state index >= 15 is 0 Å². The molecule has 2 aliphatic rings. The highest BCUT2D eigenvalue weighted by Gasteiger charge is 2.37. The zero-order valence-corrected chi connectivity index (χ0v) is 12.3. The fourth-order valence-corrected chi connectivity index (χ4v) is 3.57. The smallest absolute Gasteiger partial charge is 0.306 e. The van der Waals surface area contributed by atoms with E-state index in [9.17, 15) is 15.0 Å². The molecule has 20 heavy (non-hydrogen) atoms. The molecule has 1 heterocycles. The summed E-state index contributed by atoms with van der Waals surface area (Å²) < 4.78 is 0. The first-order valence-electron chi connectivity index (χ1n) is 7.75. The number of carbonyl (C=O) groups is 1. The van der Waals surface area contributed by atoms with Crippen LogP contribution in [0.5, 0.6) is 0 Å². The molecule has 0 aromatic rings. The van der Waals surface area contributed by atoms with Gasteiger partial charge in [0, 0.05) is 6.54 Å². The summed E-state index contributed by atoms with van der Waals surface area (Å²) >= 11 is 0. The molecule has 0 aromatic heterocycles. The summed E-state index contributed by atoms with van der Waals surface area (Å²) in [6, 6.07) is 0. The molecule has 1 atom stereocenters. The number of carboxylic acids is 1. The monoisotopic (exact) mass is 285 g/mol. The molecule has 1 aliphatic carbocycles. The van der Waals surface area contributed by atoms with E-state index in [0.717, 1.165) is 25.9 Å². The van der Waals surface area contributed by atoms with Crippen molar-refractivity contribution >= 4 is 5.97 Å². The number of hydrogen-bond donors (Lipinski definition) is 3. The molecule has 0 amide bonds. The summed E-state index contributed by atoms with van der Waals surface area (Å²) in [7, 11) is 0. The fourth-order valence-electron chi connectivity index (χ4n) is 3.57. The quantitative estimate of drug-likeness (QED) is 0.720. The third-order valence-corrected chi connectivity index (χ3v) is 5.10. The Balaban J connectivity index is 1.78. The first kappa shape index (κ1) is 15.7. The van der Waals surface area contributed by atoms with Crippen LogP contribution < -0.4 is 0 Å². The summed E-state index contributed by atoms with van der Waals surface area (Å²) in [5.74, 6) is -0.635. The van der Waals surface area contributed by atoms with Gasteiger partial charge >= 0.3 is 5.97 Å². The van der Waals surface area contributed by atoms with Crippen molar-refractivity contribution in [2.45, 2.75) is 57.2 Å². The van der Waals surface area contributed by atoms with Crippen LogP contribution >= 0.6 is 0 Å². The van der Waals surface area contributed by atoms with Crippen molar-refractivity contribution in [3.05, 3.63) is 0 Å². The third kappa shape index (κ3) is 3.93. The maximum atomic E-state index is 10.9. The van der Waals surface area contributed by atoms with E-state index in [-0.39, 0.29) is 12.0 Å². The Labute approximate surface area is 120 Å². The van der Waals surface area contributed by atoms with Crippen molar-refractivity contribution in [1.82, 2.24) is 4.90 Å². The molecule has 0 radical (unpaired) electrons. The lowest BCUT2D eigenvalue weighted by Crippen LogP contribution is -2.49. The molecule has 1 saturated heterocycles. The third-order valence-electron chi connectivity index (χ3n) is 5.10.